The summed E-state index contributed by atoms with van der Waals surface area (Å²) in [4.78, 5) is 32.0. The van der Waals surface area contributed by atoms with E-state index in [4.69, 9.17) is 0 Å². The Balaban J connectivity index is 1.54. The first-order valence-corrected chi connectivity index (χ1v) is 14.6. The molecule has 1 fully saturated rings. The van der Waals surface area contributed by atoms with Gasteiger partial charge in [0, 0.05) is 36.3 Å². The highest BCUT2D eigenvalue weighted by Gasteiger charge is 2.32. The Bertz CT molecular complexity index is 1470. The number of rotatable bonds is 9. The highest BCUT2D eigenvalue weighted by atomic mass is 32.2. The molecule has 0 aliphatic carbocycles. The van der Waals surface area contributed by atoms with Crippen LogP contribution in [0.4, 0.5) is 15.8 Å². The number of nitrogens with zero attached hydrogens (tertiary/aromatic N) is 2. The summed E-state index contributed by atoms with van der Waals surface area (Å²) in [5.74, 6) is -1.28. The normalized spacial score (nSPS) is 15.9. The van der Waals surface area contributed by atoms with E-state index in [2.05, 4.69) is 9.71 Å². The summed E-state index contributed by atoms with van der Waals surface area (Å²) in [6, 6.07) is 14.3. The van der Waals surface area contributed by atoms with Gasteiger partial charge in [-0.1, -0.05) is 31.2 Å². The fraction of sp³-hybridized carbons (Fsp3) is 0.345. The van der Waals surface area contributed by atoms with E-state index in [1.807, 2.05) is 37.3 Å². The van der Waals surface area contributed by atoms with Gasteiger partial charge in [0.1, 0.15) is 11.6 Å². The average Bonchev–Trinajstić information content (AvgIpc) is 2.86. The summed E-state index contributed by atoms with van der Waals surface area (Å²) in [5, 5.41) is 0. The first-order chi connectivity index (χ1) is 18.1. The number of aromatic nitrogens is 1. The van der Waals surface area contributed by atoms with E-state index in [0.29, 0.717) is 30.6 Å². The van der Waals surface area contributed by atoms with Crippen LogP contribution in [0.25, 0.3) is 11.1 Å². The van der Waals surface area contributed by atoms with Crippen LogP contribution >= 0.6 is 0 Å². The zero-order valence-electron chi connectivity index (χ0n) is 21.8. The number of Topliss-reactive ketones (excluding diaryl/α,β-unsaturated/α-hetero) is 1. The smallest absolute Gasteiger partial charge is 0.230 e. The summed E-state index contributed by atoms with van der Waals surface area (Å²) in [7, 11) is -3.45. The second-order valence-corrected chi connectivity index (χ2v) is 11.6. The van der Waals surface area contributed by atoms with E-state index in [9.17, 15) is 22.4 Å². The van der Waals surface area contributed by atoms with Crippen molar-refractivity contribution < 1.29 is 22.4 Å². The highest BCUT2D eigenvalue weighted by Crippen LogP contribution is 2.35. The lowest BCUT2D eigenvalue weighted by Gasteiger charge is -2.33. The lowest BCUT2D eigenvalue weighted by atomic mass is 9.89. The van der Waals surface area contributed by atoms with Gasteiger partial charge in [0.25, 0.3) is 0 Å². The number of piperidine rings is 1. The van der Waals surface area contributed by atoms with Crippen LogP contribution in [0.1, 0.15) is 43.0 Å². The Morgan fingerprint density at radius 3 is 2.66 bits per heavy atom. The maximum atomic E-state index is 14.2. The number of pyridine rings is 1. The molecular weight excluding hydrogens is 505 g/mol. The van der Waals surface area contributed by atoms with Gasteiger partial charge in [0.05, 0.1) is 24.1 Å². The van der Waals surface area contributed by atoms with Crippen LogP contribution in [0.5, 0.6) is 0 Å². The molecule has 3 aromatic rings. The number of hydrogen-bond acceptors (Lipinski definition) is 5. The van der Waals surface area contributed by atoms with Crippen molar-refractivity contribution in [1.29, 1.82) is 0 Å². The molecule has 4 rings (SSSR count). The number of nitrogens with one attached hydrogen (secondary N) is 1. The van der Waals surface area contributed by atoms with Crippen LogP contribution in [0, 0.1) is 18.7 Å². The van der Waals surface area contributed by atoms with Gasteiger partial charge in [-0.15, -0.1) is 0 Å². The van der Waals surface area contributed by atoms with E-state index in [0.717, 1.165) is 35.1 Å². The molecule has 200 valence electrons. The van der Waals surface area contributed by atoms with Crippen molar-refractivity contribution in [3.8, 4) is 11.1 Å². The first-order valence-electron chi connectivity index (χ1n) is 12.7. The summed E-state index contributed by atoms with van der Waals surface area (Å²) in [5.41, 5.74) is 4.59. The third-order valence-electron chi connectivity index (χ3n) is 6.73. The number of hydrogen-bond donors (Lipinski definition) is 1. The molecule has 1 aromatic heterocycles. The van der Waals surface area contributed by atoms with Gasteiger partial charge >= 0.3 is 0 Å². The molecule has 0 unspecified atom stereocenters. The molecule has 0 bridgehead atoms. The van der Waals surface area contributed by atoms with Crippen LogP contribution in [0.15, 0.2) is 54.7 Å². The van der Waals surface area contributed by atoms with Crippen molar-refractivity contribution in [1.82, 2.24) is 4.98 Å². The molecule has 1 saturated heterocycles. The summed E-state index contributed by atoms with van der Waals surface area (Å²) in [6.45, 7) is 4.29. The van der Waals surface area contributed by atoms with Gasteiger partial charge in [-0.25, -0.2) is 12.8 Å². The van der Waals surface area contributed by atoms with Gasteiger partial charge in [0.2, 0.25) is 15.9 Å². The van der Waals surface area contributed by atoms with Gasteiger partial charge < -0.3 is 4.90 Å². The standard InChI is InChI=1S/C29H32FN3O4S/c1-4-20-15-21(24-9-5-6-10-26(24)32-38(3,36)37)11-12-28(20)33-13-7-8-22(29(33)35)16-23(34)17-27-25(30)14-19(2)18-31-27/h5-6,9-12,14-15,18,22,32H,4,7-8,13,16-17H2,1-3H3/t22-/m0/s1. The van der Waals surface area contributed by atoms with Crippen LogP contribution < -0.4 is 9.62 Å². The lowest BCUT2D eigenvalue weighted by molar-refractivity contribution is -0.128. The Morgan fingerprint density at radius 1 is 1.18 bits per heavy atom. The second kappa shape index (κ2) is 11.4. The fourth-order valence-corrected chi connectivity index (χ4v) is 5.50. The molecular formula is C29H32FN3O4S. The molecule has 2 aromatic carbocycles. The number of sulfonamides is 1. The van der Waals surface area contributed by atoms with Crippen molar-refractivity contribution in [2.45, 2.75) is 46.0 Å². The number of carbonyl (C=O) groups is 2. The lowest BCUT2D eigenvalue weighted by Crippen LogP contribution is -2.42. The van der Waals surface area contributed by atoms with Crippen LogP contribution in [0.2, 0.25) is 0 Å². The molecule has 1 amide bonds. The minimum atomic E-state index is -3.45. The van der Waals surface area contributed by atoms with Crippen LogP contribution in [-0.2, 0) is 32.5 Å². The second-order valence-electron chi connectivity index (χ2n) is 9.81. The molecule has 2 heterocycles. The molecule has 1 aliphatic rings. The molecule has 7 nitrogen and oxygen atoms in total. The predicted octanol–water partition coefficient (Wildman–Crippen LogP) is 5.07. The maximum Gasteiger partial charge on any atom is 0.230 e. The maximum absolute atomic E-state index is 14.2. The largest absolute Gasteiger partial charge is 0.312 e. The number of ketones is 1. The zero-order chi connectivity index (χ0) is 27.4. The quantitative estimate of drug-likeness (QED) is 0.411. The van der Waals surface area contributed by atoms with E-state index in [1.54, 1.807) is 24.0 Å². The molecule has 38 heavy (non-hydrogen) atoms. The molecule has 0 radical (unpaired) electrons. The van der Waals surface area contributed by atoms with Gasteiger partial charge in [-0.2, -0.15) is 0 Å². The van der Waals surface area contributed by atoms with E-state index in [1.165, 1.54) is 12.3 Å². The van der Waals surface area contributed by atoms with E-state index >= 15 is 0 Å². The summed E-state index contributed by atoms with van der Waals surface area (Å²) < 4.78 is 40.4. The molecule has 1 aliphatic heterocycles. The van der Waals surface area contributed by atoms with Crippen molar-refractivity contribution in [2.24, 2.45) is 5.92 Å². The minimum Gasteiger partial charge on any atom is -0.312 e. The van der Waals surface area contributed by atoms with Crippen molar-refractivity contribution in [3.63, 3.8) is 0 Å². The molecule has 0 spiro atoms. The molecule has 0 saturated carbocycles. The van der Waals surface area contributed by atoms with Crippen LogP contribution in [-0.4, -0.2) is 37.9 Å². The summed E-state index contributed by atoms with van der Waals surface area (Å²) >= 11 is 0. The highest BCUT2D eigenvalue weighted by molar-refractivity contribution is 7.92. The third kappa shape index (κ3) is 6.45. The van der Waals surface area contributed by atoms with Gasteiger partial charge in [-0.05, 0) is 67.1 Å². The molecule has 9 heteroatoms. The number of halogens is 1. The third-order valence-corrected chi connectivity index (χ3v) is 7.32. The molecule has 1 atom stereocenters. The Morgan fingerprint density at radius 2 is 1.95 bits per heavy atom. The van der Waals surface area contributed by atoms with Gasteiger partial charge in [-0.3, -0.25) is 19.3 Å². The SMILES string of the molecule is CCc1cc(-c2ccccc2NS(C)(=O)=O)ccc1N1CCC[C@@H](CC(=O)Cc2ncc(C)cc2F)C1=O. The number of anilines is 2. The Hall–Kier alpha value is -3.59. The topological polar surface area (TPSA) is 96.4 Å². The minimum absolute atomic E-state index is 0.0500. The van der Waals surface area contributed by atoms with Gasteiger partial charge in [0.15, 0.2) is 0 Å². The number of amides is 1. The predicted molar refractivity (Wildman–Crippen MR) is 147 cm³/mol. The van der Waals surface area contributed by atoms with E-state index in [-0.39, 0.29) is 30.2 Å². The van der Waals surface area contributed by atoms with Crippen molar-refractivity contribution >= 4 is 33.1 Å². The number of para-hydroxylation sites is 1. The van der Waals surface area contributed by atoms with Crippen molar-refractivity contribution in [3.05, 3.63) is 77.4 Å². The number of benzene rings is 2. The fourth-order valence-electron chi connectivity index (χ4n) is 4.93. The number of carbonyl (C=O) groups excluding carboxylic acids is 2. The van der Waals surface area contributed by atoms with E-state index < -0.39 is 21.8 Å². The molecule has 1 N–H and O–H groups in total. The van der Waals surface area contributed by atoms with Crippen molar-refractivity contribution in [2.75, 3.05) is 22.4 Å². The zero-order valence-corrected chi connectivity index (χ0v) is 22.6. The summed E-state index contributed by atoms with van der Waals surface area (Å²) in [6.07, 6.45) is 4.59. The monoisotopic (exact) mass is 537 g/mol. The van der Waals surface area contributed by atoms with Crippen LogP contribution in [0.3, 0.4) is 0 Å². The Labute approximate surface area is 223 Å². The Kier molecular flexibility index (Phi) is 8.26. The average molecular weight is 538 g/mol. The first kappa shape index (κ1) is 27.4. The number of aryl methyl sites for hydroxylation is 2.